The van der Waals surface area contributed by atoms with Crippen LogP contribution in [0.15, 0.2) is 30.3 Å². The molecular weight excluding hydrogens is 512 g/mol. The fourth-order valence-corrected chi connectivity index (χ4v) is 3.95. The first-order valence-electron chi connectivity index (χ1n) is 12.8. The summed E-state index contributed by atoms with van der Waals surface area (Å²) in [6.45, 7) is 10.6. The molecule has 0 saturated carbocycles. The van der Waals surface area contributed by atoms with Gasteiger partial charge in [0.25, 0.3) is 0 Å². The van der Waals surface area contributed by atoms with Crippen LogP contribution in [-0.2, 0) is 30.4 Å². The lowest BCUT2D eigenvalue weighted by molar-refractivity contribution is -0.150. The van der Waals surface area contributed by atoms with Crippen LogP contribution in [0.3, 0.4) is 0 Å². The molecule has 39 heavy (non-hydrogen) atoms. The van der Waals surface area contributed by atoms with E-state index in [1.165, 1.54) is 4.90 Å². The molecule has 0 spiro atoms. The number of likely N-dealkylation sites (tertiary alicyclic amines) is 2. The minimum Gasteiger partial charge on any atom is -0.480 e. The molecule has 0 unspecified atom stereocenters. The second-order valence-corrected chi connectivity index (χ2v) is 11.5. The van der Waals surface area contributed by atoms with E-state index in [-0.39, 0.29) is 32.5 Å². The van der Waals surface area contributed by atoms with E-state index >= 15 is 0 Å². The molecule has 1 aromatic carbocycles. The number of benzene rings is 1. The summed E-state index contributed by atoms with van der Waals surface area (Å²) in [5, 5.41) is 28.0. The minimum atomic E-state index is -1.12. The largest absolute Gasteiger partial charge is 0.480 e. The Bertz CT molecular complexity index is 1000. The summed E-state index contributed by atoms with van der Waals surface area (Å²) in [6, 6.07) is 7.48. The van der Waals surface area contributed by atoms with E-state index in [1.807, 2.05) is 30.3 Å². The standard InChI is InChI=1S/C17H23NO5.C10H17NO5/c1-17(2,3)23-16(21)18-10-13(19)9-14(18)15(20)22-11-12-7-5-4-6-8-12;1-10(2,3)16-9(15)11-5-6(12)4-7(11)8(13)14/h4-8,13-14,19H,9-11H2,1-3H3;6-7,12H,4-5H2,1-3H3,(H,13,14)/t13-,14+;6-,7+/m11/s1. The Balaban J connectivity index is 0.000000293. The predicted octanol–water partition coefficient (Wildman–Crippen LogP) is 2.54. The molecule has 12 nitrogen and oxygen atoms in total. The number of ether oxygens (including phenoxy) is 3. The monoisotopic (exact) mass is 552 g/mol. The van der Waals surface area contributed by atoms with Crippen LogP contribution in [0.25, 0.3) is 0 Å². The predicted molar refractivity (Wildman–Crippen MR) is 139 cm³/mol. The number of hydrogen-bond acceptors (Lipinski definition) is 9. The maximum absolute atomic E-state index is 12.3. The highest BCUT2D eigenvalue weighted by molar-refractivity contribution is 5.82. The molecule has 218 valence electrons. The molecule has 0 radical (unpaired) electrons. The van der Waals surface area contributed by atoms with Crippen LogP contribution in [0.1, 0.15) is 59.9 Å². The van der Waals surface area contributed by atoms with Crippen LogP contribution in [-0.4, -0.2) is 97.8 Å². The van der Waals surface area contributed by atoms with E-state index < -0.39 is 59.6 Å². The Kier molecular flexibility index (Phi) is 10.7. The van der Waals surface area contributed by atoms with Gasteiger partial charge in [-0.2, -0.15) is 0 Å². The molecule has 2 aliphatic rings. The van der Waals surface area contributed by atoms with Gasteiger partial charge in [0, 0.05) is 12.8 Å². The molecule has 2 saturated heterocycles. The number of esters is 1. The summed E-state index contributed by atoms with van der Waals surface area (Å²) in [5.74, 6) is -1.65. The topological polar surface area (TPSA) is 163 Å². The van der Waals surface area contributed by atoms with Crippen molar-refractivity contribution >= 4 is 24.1 Å². The molecule has 2 heterocycles. The highest BCUT2D eigenvalue weighted by Crippen LogP contribution is 2.23. The van der Waals surface area contributed by atoms with Crippen LogP contribution >= 0.6 is 0 Å². The molecule has 4 atom stereocenters. The molecule has 12 heteroatoms. The van der Waals surface area contributed by atoms with Crippen molar-refractivity contribution in [2.75, 3.05) is 13.1 Å². The average molecular weight is 553 g/mol. The number of nitrogens with zero attached hydrogens (tertiary/aromatic N) is 2. The third-order valence-electron chi connectivity index (χ3n) is 5.60. The van der Waals surface area contributed by atoms with Crippen molar-refractivity contribution in [1.82, 2.24) is 9.80 Å². The van der Waals surface area contributed by atoms with Crippen molar-refractivity contribution in [2.24, 2.45) is 0 Å². The summed E-state index contributed by atoms with van der Waals surface area (Å²) in [6.07, 6.45) is -2.65. The molecule has 0 aliphatic carbocycles. The highest BCUT2D eigenvalue weighted by Gasteiger charge is 2.42. The van der Waals surface area contributed by atoms with Gasteiger partial charge < -0.3 is 29.5 Å². The van der Waals surface area contributed by atoms with Crippen molar-refractivity contribution in [3.8, 4) is 0 Å². The van der Waals surface area contributed by atoms with Crippen molar-refractivity contribution in [3.05, 3.63) is 35.9 Å². The quantitative estimate of drug-likeness (QED) is 0.374. The summed E-state index contributed by atoms with van der Waals surface area (Å²) in [7, 11) is 0. The zero-order chi connectivity index (χ0) is 29.5. The number of carboxylic acid groups (broad SMARTS) is 1. The molecule has 0 aromatic heterocycles. The number of hydrogen-bond donors (Lipinski definition) is 3. The average Bonchev–Trinajstić information content (AvgIpc) is 3.39. The van der Waals surface area contributed by atoms with Crippen molar-refractivity contribution in [2.45, 2.75) is 96.5 Å². The smallest absolute Gasteiger partial charge is 0.411 e. The van der Waals surface area contributed by atoms with E-state index in [9.17, 15) is 29.4 Å². The van der Waals surface area contributed by atoms with Gasteiger partial charge in [0.2, 0.25) is 0 Å². The molecule has 2 aliphatic heterocycles. The second-order valence-electron chi connectivity index (χ2n) is 11.5. The zero-order valence-electron chi connectivity index (χ0n) is 23.3. The van der Waals surface area contributed by atoms with Gasteiger partial charge in [-0.1, -0.05) is 30.3 Å². The minimum absolute atomic E-state index is 0.00583. The van der Waals surface area contributed by atoms with Gasteiger partial charge in [-0.3, -0.25) is 9.80 Å². The Morgan fingerprint density at radius 1 is 0.795 bits per heavy atom. The van der Waals surface area contributed by atoms with E-state index in [4.69, 9.17) is 19.3 Å². The zero-order valence-corrected chi connectivity index (χ0v) is 23.3. The maximum Gasteiger partial charge on any atom is 0.411 e. The van der Waals surface area contributed by atoms with E-state index in [1.54, 1.807) is 41.5 Å². The molecule has 0 bridgehead atoms. The first-order valence-corrected chi connectivity index (χ1v) is 12.8. The first-order chi connectivity index (χ1) is 18.0. The van der Waals surface area contributed by atoms with E-state index in [0.717, 1.165) is 10.5 Å². The van der Waals surface area contributed by atoms with Crippen LogP contribution in [0.5, 0.6) is 0 Å². The SMILES string of the molecule is CC(C)(C)OC(=O)N1C[C@H](O)C[C@H]1C(=O)O.CC(C)(C)OC(=O)N1C[C@H](O)C[C@H]1C(=O)OCc1ccccc1. The maximum atomic E-state index is 12.3. The van der Waals surface area contributed by atoms with Crippen molar-refractivity contribution < 1.29 is 48.7 Å². The Labute approximate surface area is 228 Å². The molecular formula is C27H40N2O10. The van der Waals surface area contributed by atoms with Gasteiger partial charge in [-0.15, -0.1) is 0 Å². The van der Waals surface area contributed by atoms with Crippen LogP contribution in [0.4, 0.5) is 9.59 Å². The fourth-order valence-electron chi connectivity index (χ4n) is 3.95. The second kappa shape index (κ2) is 13.1. The third kappa shape index (κ3) is 10.4. The van der Waals surface area contributed by atoms with Gasteiger partial charge in [0.1, 0.15) is 29.9 Å². The first kappa shape index (κ1) is 31.8. The summed E-state index contributed by atoms with van der Waals surface area (Å²) in [5.41, 5.74) is -0.472. The number of aliphatic carboxylic acids is 1. The fraction of sp³-hybridized carbons (Fsp3) is 0.630. The van der Waals surface area contributed by atoms with Crippen LogP contribution in [0, 0.1) is 0 Å². The molecule has 2 fully saturated rings. The van der Waals surface area contributed by atoms with Crippen molar-refractivity contribution in [1.29, 1.82) is 0 Å². The lowest BCUT2D eigenvalue weighted by Crippen LogP contribution is -2.44. The Hall–Kier alpha value is -3.38. The normalized spacial score (nSPS) is 23.0. The number of β-amino-alcohol motifs (C(OH)–C–C–N with tert-alkyl or cyclic N) is 2. The van der Waals surface area contributed by atoms with Crippen LogP contribution in [0.2, 0.25) is 0 Å². The lowest BCUT2D eigenvalue weighted by Gasteiger charge is -2.27. The van der Waals surface area contributed by atoms with Gasteiger partial charge in [0.15, 0.2) is 0 Å². The number of amides is 2. The van der Waals surface area contributed by atoms with Gasteiger partial charge in [0.05, 0.1) is 25.3 Å². The number of carboxylic acids is 1. The third-order valence-corrected chi connectivity index (χ3v) is 5.60. The highest BCUT2D eigenvalue weighted by atomic mass is 16.6. The number of carbonyl (C=O) groups excluding carboxylic acids is 3. The molecule has 3 rings (SSSR count). The molecule has 2 amide bonds. The number of aliphatic hydroxyl groups excluding tert-OH is 2. The lowest BCUT2D eigenvalue weighted by atomic mass is 10.2. The van der Waals surface area contributed by atoms with Gasteiger partial charge in [-0.05, 0) is 47.1 Å². The van der Waals surface area contributed by atoms with Gasteiger partial charge >= 0.3 is 24.1 Å². The van der Waals surface area contributed by atoms with Crippen LogP contribution < -0.4 is 0 Å². The molecule has 3 N–H and O–H groups in total. The van der Waals surface area contributed by atoms with E-state index in [0.29, 0.717) is 0 Å². The molecule has 1 aromatic rings. The summed E-state index contributed by atoms with van der Waals surface area (Å²) < 4.78 is 15.6. The Morgan fingerprint density at radius 3 is 1.67 bits per heavy atom. The summed E-state index contributed by atoms with van der Waals surface area (Å²) >= 11 is 0. The summed E-state index contributed by atoms with van der Waals surface area (Å²) in [4.78, 5) is 49.3. The number of carbonyl (C=O) groups is 4. The van der Waals surface area contributed by atoms with Gasteiger partial charge in [-0.25, -0.2) is 19.2 Å². The number of aliphatic hydroxyl groups is 2. The van der Waals surface area contributed by atoms with Crippen molar-refractivity contribution in [3.63, 3.8) is 0 Å². The van der Waals surface area contributed by atoms with E-state index in [2.05, 4.69) is 0 Å². The number of rotatable bonds is 4. The Morgan fingerprint density at radius 2 is 1.23 bits per heavy atom.